The highest BCUT2D eigenvalue weighted by Gasteiger charge is 2.36. The summed E-state index contributed by atoms with van der Waals surface area (Å²) in [6.07, 6.45) is 0.955. The lowest BCUT2D eigenvalue weighted by Crippen LogP contribution is -2.54. The van der Waals surface area contributed by atoms with Crippen LogP contribution in [0.2, 0.25) is 0 Å². The minimum Gasteiger partial charge on any atom is -0.383 e. The smallest absolute Gasteiger partial charge is 0.160 e. The summed E-state index contributed by atoms with van der Waals surface area (Å²) in [4.78, 5) is 11.0. The number of ketones is 1. The van der Waals surface area contributed by atoms with Gasteiger partial charge in [0, 0.05) is 13.2 Å². The first-order valence-corrected chi connectivity index (χ1v) is 4.61. The number of hydrogen-bond donors (Lipinski definition) is 2. The summed E-state index contributed by atoms with van der Waals surface area (Å²) in [5.41, 5.74) is 5.18. The molecule has 0 saturated carbocycles. The number of ether oxygens (including phenoxy) is 1. The normalized spacial score (nSPS) is 32.2. The highest BCUT2D eigenvalue weighted by molar-refractivity contribution is 5.81. The van der Waals surface area contributed by atoms with Crippen LogP contribution in [-0.4, -0.2) is 35.7 Å². The first-order chi connectivity index (χ1) is 6.06. The second-order valence-electron chi connectivity index (χ2n) is 3.71. The third-order valence-electron chi connectivity index (χ3n) is 2.57. The van der Waals surface area contributed by atoms with Gasteiger partial charge in [-0.05, 0) is 26.2 Å². The van der Waals surface area contributed by atoms with E-state index in [0.717, 1.165) is 6.42 Å². The molecule has 0 aromatic heterocycles. The van der Waals surface area contributed by atoms with Crippen LogP contribution in [0, 0.1) is 0 Å². The molecule has 0 aliphatic carbocycles. The number of hydrogen-bond acceptors (Lipinski definition) is 4. The maximum absolute atomic E-state index is 11.0. The number of carbonyl (C=O) groups excluding carboxylic acids is 1. The van der Waals surface area contributed by atoms with E-state index in [9.17, 15) is 9.90 Å². The Hall–Kier alpha value is -0.450. The Morgan fingerprint density at radius 3 is 2.85 bits per heavy atom. The van der Waals surface area contributed by atoms with Crippen molar-refractivity contribution >= 4 is 5.78 Å². The number of Topliss-reactive ketones (excluding diaryl/α,β-unsaturated/α-hetero) is 1. The molecule has 0 amide bonds. The number of rotatable bonds is 2. The largest absolute Gasteiger partial charge is 0.383 e. The molecule has 76 valence electrons. The van der Waals surface area contributed by atoms with Crippen LogP contribution < -0.4 is 5.73 Å². The zero-order chi connectivity index (χ0) is 9.90. The molecule has 2 atom stereocenters. The summed E-state index contributed by atoms with van der Waals surface area (Å²) in [6.45, 7) is 2.56. The van der Waals surface area contributed by atoms with E-state index in [-0.39, 0.29) is 5.78 Å². The standard InChI is InChI=1S/C9H17NO3/c1-7(11)8(12)9(10)3-2-5-13-6-4-9/h8,12H,2-6,10H2,1H3. The molecular weight excluding hydrogens is 170 g/mol. The first kappa shape index (κ1) is 10.6. The number of carbonyl (C=O) groups is 1. The second-order valence-corrected chi connectivity index (χ2v) is 3.71. The number of aliphatic hydroxyl groups excluding tert-OH is 1. The lowest BCUT2D eigenvalue weighted by atomic mass is 9.84. The van der Waals surface area contributed by atoms with Crippen molar-refractivity contribution < 1.29 is 14.6 Å². The third-order valence-corrected chi connectivity index (χ3v) is 2.57. The highest BCUT2D eigenvalue weighted by Crippen LogP contribution is 2.22. The van der Waals surface area contributed by atoms with Crippen LogP contribution in [0.1, 0.15) is 26.2 Å². The van der Waals surface area contributed by atoms with Gasteiger partial charge in [0.15, 0.2) is 5.78 Å². The molecule has 0 radical (unpaired) electrons. The molecule has 4 heteroatoms. The zero-order valence-corrected chi connectivity index (χ0v) is 7.95. The molecular formula is C9H17NO3. The molecule has 0 spiro atoms. The Morgan fingerprint density at radius 2 is 2.23 bits per heavy atom. The molecule has 2 unspecified atom stereocenters. The fourth-order valence-electron chi connectivity index (χ4n) is 1.67. The highest BCUT2D eigenvalue weighted by atomic mass is 16.5. The topological polar surface area (TPSA) is 72.5 Å². The molecule has 1 heterocycles. The van der Waals surface area contributed by atoms with Crippen LogP contribution in [0.5, 0.6) is 0 Å². The van der Waals surface area contributed by atoms with E-state index in [2.05, 4.69) is 0 Å². The predicted octanol–water partition coefficient (Wildman–Crippen LogP) is -0.166. The first-order valence-electron chi connectivity index (χ1n) is 4.61. The summed E-state index contributed by atoms with van der Waals surface area (Å²) in [5.74, 6) is -0.260. The Labute approximate surface area is 78.1 Å². The minimum absolute atomic E-state index is 0.260. The SMILES string of the molecule is CC(=O)C(O)C1(N)CCCOCC1. The van der Waals surface area contributed by atoms with Crippen molar-refractivity contribution in [3.63, 3.8) is 0 Å². The minimum atomic E-state index is -1.05. The molecule has 1 rings (SSSR count). The summed E-state index contributed by atoms with van der Waals surface area (Å²) in [7, 11) is 0. The summed E-state index contributed by atoms with van der Waals surface area (Å²) in [5, 5.41) is 9.61. The van der Waals surface area contributed by atoms with Crippen LogP contribution >= 0.6 is 0 Å². The van der Waals surface area contributed by atoms with Crippen molar-refractivity contribution in [1.82, 2.24) is 0 Å². The molecule has 0 aromatic carbocycles. The number of aliphatic hydroxyl groups is 1. The molecule has 1 fully saturated rings. The van der Waals surface area contributed by atoms with Gasteiger partial charge in [-0.2, -0.15) is 0 Å². The van der Waals surface area contributed by atoms with Gasteiger partial charge in [-0.1, -0.05) is 0 Å². The van der Waals surface area contributed by atoms with Gasteiger partial charge in [-0.3, -0.25) is 4.79 Å². The van der Waals surface area contributed by atoms with Gasteiger partial charge >= 0.3 is 0 Å². The van der Waals surface area contributed by atoms with Crippen molar-refractivity contribution in [2.45, 2.75) is 37.8 Å². The summed E-state index contributed by atoms with van der Waals surface area (Å²) >= 11 is 0. The third kappa shape index (κ3) is 2.49. The zero-order valence-electron chi connectivity index (χ0n) is 7.95. The van der Waals surface area contributed by atoms with Crippen LogP contribution in [0.25, 0.3) is 0 Å². The second kappa shape index (κ2) is 4.17. The maximum Gasteiger partial charge on any atom is 0.160 e. The predicted molar refractivity (Wildman–Crippen MR) is 48.3 cm³/mol. The van der Waals surface area contributed by atoms with Gasteiger partial charge < -0.3 is 15.6 Å². The molecule has 0 aromatic rings. The van der Waals surface area contributed by atoms with Gasteiger partial charge in [-0.15, -0.1) is 0 Å². The summed E-state index contributed by atoms with van der Waals surface area (Å²) < 4.78 is 5.22. The average molecular weight is 187 g/mol. The fourth-order valence-corrected chi connectivity index (χ4v) is 1.67. The van der Waals surface area contributed by atoms with Crippen molar-refractivity contribution in [2.24, 2.45) is 5.73 Å². The van der Waals surface area contributed by atoms with E-state index in [1.54, 1.807) is 0 Å². The molecule has 13 heavy (non-hydrogen) atoms. The molecule has 1 saturated heterocycles. The quantitative estimate of drug-likeness (QED) is 0.629. The van der Waals surface area contributed by atoms with Gasteiger partial charge in [-0.25, -0.2) is 0 Å². The number of nitrogens with two attached hydrogens (primary N) is 1. The molecule has 1 aliphatic heterocycles. The molecule has 3 N–H and O–H groups in total. The van der Waals surface area contributed by atoms with Crippen molar-refractivity contribution in [1.29, 1.82) is 0 Å². The monoisotopic (exact) mass is 187 g/mol. The summed E-state index contributed by atoms with van der Waals surface area (Å²) in [6, 6.07) is 0. The lowest BCUT2D eigenvalue weighted by molar-refractivity contribution is -0.128. The van der Waals surface area contributed by atoms with E-state index in [1.165, 1.54) is 6.92 Å². The van der Waals surface area contributed by atoms with Crippen molar-refractivity contribution in [2.75, 3.05) is 13.2 Å². The van der Waals surface area contributed by atoms with Crippen molar-refractivity contribution in [3.8, 4) is 0 Å². The van der Waals surface area contributed by atoms with E-state index in [0.29, 0.717) is 26.1 Å². The lowest BCUT2D eigenvalue weighted by Gasteiger charge is -2.31. The van der Waals surface area contributed by atoms with Gasteiger partial charge in [0.25, 0.3) is 0 Å². The van der Waals surface area contributed by atoms with E-state index >= 15 is 0 Å². The van der Waals surface area contributed by atoms with E-state index in [1.807, 2.05) is 0 Å². The Morgan fingerprint density at radius 1 is 1.54 bits per heavy atom. The average Bonchev–Trinajstić information content (AvgIpc) is 2.29. The van der Waals surface area contributed by atoms with Crippen LogP contribution in [0.15, 0.2) is 0 Å². The van der Waals surface area contributed by atoms with E-state index in [4.69, 9.17) is 10.5 Å². The van der Waals surface area contributed by atoms with Gasteiger partial charge in [0.2, 0.25) is 0 Å². The van der Waals surface area contributed by atoms with Crippen molar-refractivity contribution in [3.05, 3.63) is 0 Å². The van der Waals surface area contributed by atoms with Gasteiger partial charge in [0.1, 0.15) is 6.10 Å². The van der Waals surface area contributed by atoms with Crippen LogP contribution in [-0.2, 0) is 9.53 Å². The van der Waals surface area contributed by atoms with Gasteiger partial charge in [0.05, 0.1) is 5.54 Å². The Kier molecular flexibility index (Phi) is 3.41. The molecule has 1 aliphatic rings. The Balaban J connectivity index is 2.65. The molecule has 0 bridgehead atoms. The van der Waals surface area contributed by atoms with E-state index < -0.39 is 11.6 Å². The molecule has 4 nitrogen and oxygen atoms in total. The fraction of sp³-hybridized carbons (Fsp3) is 0.889. The Bertz CT molecular complexity index is 185. The van der Waals surface area contributed by atoms with Crippen LogP contribution in [0.3, 0.4) is 0 Å². The maximum atomic E-state index is 11.0. The van der Waals surface area contributed by atoms with Crippen LogP contribution in [0.4, 0.5) is 0 Å².